The third-order valence-electron chi connectivity index (χ3n) is 4.47. The molecule has 0 radical (unpaired) electrons. The molecule has 1 atom stereocenters. The average molecular weight is 365 g/mol. The smallest absolute Gasteiger partial charge is 0.252 e. The first kappa shape index (κ1) is 18.4. The highest BCUT2D eigenvalue weighted by molar-refractivity contribution is 5.98. The van der Waals surface area contributed by atoms with Gasteiger partial charge in [-0.05, 0) is 49.2 Å². The van der Waals surface area contributed by atoms with Gasteiger partial charge in [-0.15, -0.1) is 0 Å². The molecule has 140 valence electrons. The van der Waals surface area contributed by atoms with Crippen molar-refractivity contribution in [2.24, 2.45) is 5.73 Å². The van der Waals surface area contributed by atoms with Gasteiger partial charge in [0.25, 0.3) is 5.91 Å². The van der Waals surface area contributed by atoms with Crippen molar-refractivity contribution in [1.29, 1.82) is 0 Å². The summed E-state index contributed by atoms with van der Waals surface area (Å²) in [6, 6.07) is 11.3. The number of carbonyl (C=O) groups is 2. The summed E-state index contributed by atoms with van der Waals surface area (Å²) in [4.78, 5) is 30.0. The van der Waals surface area contributed by atoms with E-state index in [9.17, 15) is 9.59 Å². The predicted molar refractivity (Wildman–Crippen MR) is 106 cm³/mol. The van der Waals surface area contributed by atoms with Gasteiger partial charge in [0.1, 0.15) is 11.6 Å². The van der Waals surface area contributed by atoms with E-state index in [4.69, 9.17) is 5.73 Å². The van der Waals surface area contributed by atoms with Crippen LogP contribution in [-0.4, -0.2) is 35.9 Å². The molecular formula is C20H23N5O2. The Hall–Kier alpha value is -3.35. The van der Waals surface area contributed by atoms with Gasteiger partial charge in [0, 0.05) is 24.8 Å². The Morgan fingerprint density at radius 3 is 2.85 bits per heavy atom. The third kappa shape index (κ3) is 4.44. The maximum atomic E-state index is 11.8. The first-order valence-electron chi connectivity index (χ1n) is 8.78. The summed E-state index contributed by atoms with van der Waals surface area (Å²) < 4.78 is 0. The number of aryl methyl sites for hydroxylation is 1. The number of anilines is 3. The van der Waals surface area contributed by atoms with E-state index in [2.05, 4.69) is 27.1 Å². The lowest BCUT2D eigenvalue weighted by Crippen LogP contribution is -2.36. The molecule has 0 bridgehead atoms. The van der Waals surface area contributed by atoms with E-state index in [1.54, 1.807) is 12.1 Å². The van der Waals surface area contributed by atoms with Gasteiger partial charge in [0.2, 0.25) is 5.91 Å². The number of hydrogen-bond acceptors (Lipinski definition) is 5. The molecule has 0 aliphatic carbocycles. The van der Waals surface area contributed by atoms with Gasteiger partial charge >= 0.3 is 0 Å². The number of pyridine rings is 1. The van der Waals surface area contributed by atoms with Crippen molar-refractivity contribution in [3.05, 3.63) is 60.2 Å². The van der Waals surface area contributed by atoms with Crippen LogP contribution in [0.2, 0.25) is 0 Å². The van der Waals surface area contributed by atoms with Crippen molar-refractivity contribution in [2.75, 3.05) is 23.3 Å². The summed E-state index contributed by atoms with van der Waals surface area (Å²) in [5.74, 6) is 0.428. The molecule has 1 aromatic heterocycles. The number of amides is 2. The van der Waals surface area contributed by atoms with Crippen molar-refractivity contribution in [2.45, 2.75) is 19.4 Å². The number of nitrogens with two attached hydrogens (primary N) is 1. The van der Waals surface area contributed by atoms with Gasteiger partial charge in [0.15, 0.2) is 0 Å². The van der Waals surface area contributed by atoms with E-state index in [1.807, 2.05) is 31.2 Å². The summed E-state index contributed by atoms with van der Waals surface area (Å²) in [7, 11) is 0. The number of carbonyl (C=O) groups excluding carboxylic acids is 2. The van der Waals surface area contributed by atoms with Gasteiger partial charge in [-0.25, -0.2) is 4.98 Å². The van der Waals surface area contributed by atoms with Crippen molar-refractivity contribution >= 4 is 29.1 Å². The molecule has 1 aromatic carbocycles. The van der Waals surface area contributed by atoms with Crippen molar-refractivity contribution in [3.63, 3.8) is 0 Å². The van der Waals surface area contributed by atoms with Crippen molar-refractivity contribution in [3.8, 4) is 0 Å². The topological polar surface area (TPSA) is 100 Å². The van der Waals surface area contributed by atoms with Crippen LogP contribution >= 0.6 is 0 Å². The van der Waals surface area contributed by atoms with Crippen LogP contribution in [0.5, 0.6) is 0 Å². The number of nitrogens with zero attached hydrogens (tertiary/aromatic N) is 2. The highest BCUT2D eigenvalue weighted by Gasteiger charge is 2.25. The molecule has 1 aliphatic heterocycles. The fourth-order valence-electron chi connectivity index (χ4n) is 3.12. The molecule has 1 fully saturated rings. The fourth-order valence-corrected chi connectivity index (χ4v) is 3.12. The Morgan fingerprint density at radius 2 is 2.15 bits per heavy atom. The summed E-state index contributed by atoms with van der Waals surface area (Å²) in [6.45, 7) is 6.87. The van der Waals surface area contributed by atoms with Crippen LogP contribution in [0.1, 0.15) is 22.3 Å². The first-order valence-corrected chi connectivity index (χ1v) is 8.78. The minimum atomic E-state index is -0.540. The first-order chi connectivity index (χ1) is 13.0. The second-order valence-electron chi connectivity index (χ2n) is 6.57. The maximum absolute atomic E-state index is 11.8. The SMILES string of the molecule is C=CC(=O)NC1CCN(c2ccc(C(N)=O)c(Nc3cccc(C)c3)n2)C1. The summed E-state index contributed by atoms with van der Waals surface area (Å²) in [5, 5.41) is 6.09. The normalized spacial score (nSPS) is 16.0. The number of aromatic nitrogens is 1. The molecule has 1 aliphatic rings. The van der Waals surface area contributed by atoms with E-state index >= 15 is 0 Å². The standard InChI is InChI=1S/C20H23N5O2/c1-3-18(26)22-15-9-10-25(12-15)17-8-7-16(19(21)27)20(24-17)23-14-6-4-5-13(2)11-14/h3-8,11,15H,1,9-10,12H2,2H3,(H2,21,27)(H,22,26)(H,23,24). The second kappa shape index (κ2) is 7.90. The molecule has 27 heavy (non-hydrogen) atoms. The zero-order valence-electron chi connectivity index (χ0n) is 15.2. The summed E-state index contributed by atoms with van der Waals surface area (Å²) in [5.41, 5.74) is 7.76. The molecule has 2 aromatic rings. The Balaban J connectivity index is 1.82. The molecule has 2 amide bonds. The lowest BCUT2D eigenvalue weighted by molar-refractivity contribution is -0.117. The lowest BCUT2D eigenvalue weighted by atomic mass is 10.2. The molecule has 4 N–H and O–H groups in total. The largest absolute Gasteiger partial charge is 0.365 e. The minimum absolute atomic E-state index is 0.0429. The van der Waals surface area contributed by atoms with Crippen molar-refractivity contribution < 1.29 is 9.59 Å². The monoisotopic (exact) mass is 365 g/mol. The fraction of sp³-hybridized carbons (Fsp3) is 0.250. The van der Waals surface area contributed by atoms with Crippen LogP contribution in [0.15, 0.2) is 49.1 Å². The number of nitrogens with one attached hydrogen (secondary N) is 2. The van der Waals surface area contributed by atoms with Crippen LogP contribution in [-0.2, 0) is 4.79 Å². The maximum Gasteiger partial charge on any atom is 0.252 e. The van der Waals surface area contributed by atoms with Crippen LogP contribution in [0.4, 0.5) is 17.3 Å². The molecular weight excluding hydrogens is 342 g/mol. The van der Waals surface area contributed by atoms with Gasteiger partial charge < -0.3 is 21.3 Å². The third-order valence-corrected chi connectivity index (χ3v) is 4.47. The van der Waals surface area contributed by atoms with Gasteiger partial charge in [0.05, 0.1) is 5.56 Å². The summed E-state index contributed by atoms with van der Waals surface area (Å²) >= 11 is 0. The molecule has 1 unspecified atom stereocenters. The van der Waals surface area contributed by atoms with E-state index in [-0.39, 0.29) is 11.9 Å². The van der Waals surface area contributed by atoms with E-state index in [0.717, 1.165) is 30.0 Å². The van der Waals surface area contributed by atoms with E-state index in [1.165, 1.54) is 6.08 Å². The predicted octanol–water partition coefficient (Wildman–Crippen LogP) is 2.11. The molecule has 3 rings (SSSR count). The lowest BCUT2D eigenvalue weighted by Gasteiger charge is -2.20. The molecule has 7 heteroatoms. The van der Waals surface area contributed by atoms with E-state index in [0.29, 0.717) is 17.9 Å². The molecule has 0 spiro atoms. The summed E-state index contributed by atoms with van der Waals surface area (Å²) in [6.07, 6.45) is 2.09. The zero-order valence-corrected chi connectivity index (χ0v) is 15.2. The zero-order chi connectivity index (χ0) is 19.4. The van der Waals surface area contributed by atoms with Gasteiger partial charge in [-0.1, -0.05) is 18.7 Å². The molecule has 1 saturated heterocycles. The Morgan fingerprint density at radius 1 is 1.33 bits per heavy atom. The van der Waals surface area contributed by atoms with Crippen LogP contribution < -0.4 is 21.3 Å². The van der Waals surface area contributed by atoms with Crippen LogP contribution in [0, 0.1) is 6.92 Å². The minimum Gasteiger partial charge on any atom is -0.365 e. The Labute approximate surface area is 158 Å². The second-order valence-corrected chi connectivity index (χ2v) is 6.57. The number of rotatable bonds is 6. The molecule has 7 nitrogen and oxygen atoms in total. The van der Waals surface area contributed by atoms with Crippen molar-refractivity contribution in [1.82, 2.24) is 10.3 Å². The number of benzene rings is 1. The highest BCUT2D eigenvalue weighted by atomic mass is 16.1. The number of hydrogen-bond donors (Lipinski definition) is 3. The van der Waals surface area contributed by atoms with Gasteiger partial charge in [-0.2, -0.15) is 0 Å². The number of primary amides is 1. The highest BCUT2D eigenvalue weighted by Crippen LogP contribution is 2.25. The van der Waals surface area contributed by atoms with Crippen LogP contribution in [0.25, 0.3) is 0 Å². The molecule has 0 saturated carbocycles. The van der Waals surface area contributed by atoms with Crippen LogP contribution in [0.3, 0.4) is 0 Å². The Kier molecular flexibility index (Phi) is 5.40. The quantitative estimate of drug-likeness (QED) is 0.681. The Bertz CT molecular complexity index is 880. The molecule has 2 heterocycles. The van der Waals surface area contributed by atoms with E-state index < -0.39 is 5.91 Å². The average Bonchev–Trinajstić information content (AvgIpc) is 3.09. The van der Waals surface area contributed by atoms with Gasteiger partial charge in [-0.3, -0.25) is 9.59 Å².